The number of nitrogens with two attached hydrogens (primary N) is 1. The molecule has 2 N–H and O–H groups in total. The zero-order valence-electron chi connectivity index (χ0n) is 12.6. The molecule has 5 heteroatoms. The summed E-state index contributed by atoms with van der Waals surface area (Å²) in [6.07, 6.45) is 1.74. The molecule has 0 aliphatic carbocycles. The van der Waals surface area contributed by atoms with E-state index in [2.05, 4.69) is 16.0 Å². The van der Waals surface area contributed by atoms with E-state index in [4.69, 9.17) is 10.5 Å². The zero-order chi connectivity index (χ0) is 15.4. The molecule has 0 amide bonds. The van der Waals surface area contributed by atoms with Crippen molar-refractivity contribution >= 4 is 16.6 Å². The van der Waals surface area contributed by atoms with Gasteiger partial charge < -0.3 is 10.5 Å². The molecule has 114 valence electrons. The maximum atomic E-state index is 9.41. The standard InChI is InChI=1S/C17H20N4O/c18-12-14-16(6-3-7-21-8-10-22-11-9-21)20-15-5-2-1-4-13(15)17(14)19/h1-2,4-5H,3,6-11H2,(H2,19,20). The number of hydrogen-bond acceptors (Lipinski definition) is 5. The first kappa shape index (κ1) is 14.8. The van der Waals surface area contributed by atoms with Crippen molar-refractivity contribution in [2.24, 2.45) is 0 Å². The van der Waals surface area contributed by atoms with E-state index in [0.717, 1.165) is 62.3 Å². The van der Waals surface area contributed by atoms with Gasteiger partial charge in [-0.25, -0.2) is 0 Å². The number of pyridine rings is 1. The van der Waals surface area contributed by atoms with Crippen LogP contribution in [0, 0.1) is 11.3 Å². The highest BCUT2D eigenvalue weighted by Crippen LogP contribution is 2.25. The van der Waals surface area contributed by atoms with Crippen LogP contribution in [-0.2, 0) is 11.2 Å². The van der Waals surface area contributed by atoms with Crippen LogP contribution in [0.3, 0.4) is 0 Å². The Hall–Kier alpha value is -2.16. The van der Waals surface area contributed by atoms with Crippen LogP contribution in [0.4, 0.5) is 5.69 Å². The highest BCUT2D eigenvalue weighted by molar-refractivity contribution is 5.93. The highest BCUT2D eigenvalue weighted by atomic mass is 16.5. The predicted octanol–water partition coefficient (Wildman–Crippen LogP) is 1.95. The van der Waals surface area contributed by atoms with Gasteiger partial charge in [0.1, 0.15) is 6.07 Å². The molecule has 0 radical (unpaired) electrons. The van der Waals surface area contributed by atoms with Gasteiger partial charge in [0.15, 0.2) is 0 Å². The molecule has 2 heterocycles. The number of ether oxygens (including phenoxy) is 1. The van der Waals surface area contributed by atoms with Crippen LogP contribution in [0.15, 0.2) is 24.3 Å². The van der Waals surface area contributed by atoms with Crippen molar-refractivity contribution in [1.82, 2.24) is 9.88 Å². The Morgan fingerprint density at radius 3 is 2.82 bits per heavy atom. The summed E-state index contributed by atoms with van der Waals surface area (Å²) < 4.78 is 5.35. The minimum atomic E-state index is 0.528. The lowest BCUT2D eigenvalue weighted by atomic mass is 10.0. The van der Waals surface area contributed by atoms with E-state index >= 15 is 0 Å². The maximum Gasteiger partial charge on any atom is 0.103 e. The Labute approximate surface area is 130 Å². The SMILES string of the molecule is N#Cc1c(CCCN2CCOCC2)nc2ccccc2c1N. The molecule has 3 rings (SSSR count). The molecular formula is C17H20N4O. The normalized spacial score (nSPS) is 15.8. The molecule has 2 aromatic rings. The van der Waals surface area contributed by atoms with Crippen LogP contribution in [-0.4, -0.2) is 42.7 Å². The summed E-state index contributed by atoms with van der Waals surface area (Å²) in [7, 11) is 0. The molecule has 1 fully saturated rings. The van der Waals surface area contributed by atoms with Crippen molar-refractivity contribution in [1.29, 1.82) is 5.26 Å². The first-order valence-corrected chi connectivity index (χ1v) is 7.67. The van der Waals surface area contributed by atoms with Gasteiger partial charge >= 0.3 is 0 Å². The molecule has 1 aromatic carbocycles. The monoisotopic (exact) mass is 296 g/mol. The zero-order valence-corrected chi connectivity index (χ0v) is 12.6. The molecule has 0 atom stereocenters. The summed E-state index contributed by atoms with van der Waals surface area (Å²) in [5, 5.41) is 10.3. The quantitative estimate of drug-likeness (QED) is 0.933. The largest absolute Gasteiger partial charge is 0.397 e. The highest BCUT2D eigenvalue weighted by Gasteiger charge is 2.14. The van der Waals surface area contributed by atoms with Gasteiger partial charge in [-0.15, -0.1) is 0 Å². The number of anilines is 1. The fourth-order valence-electron chi connectivity index (χ4n) is 2.89. The van der Waals surface area contributed by atoms with E-state index in [0.29, 0.717) is 11.3 Å². The predicted molar refractivity (Wildman–Crippen MR) is 86.5 cm³/mol. The van der Waals surface area contributed by atoms with Crippen LogP contribution in [0.25, 0.3) is 10.9 Å². The Kier molecular flexibility index (Phi) is 4.52. The Balaban J connectivity index is 1.76. The minimum absolute atomic E-state index is 0.528. The number of nitrogen functional groups attached to an aromatic ring is 1. The number of hydrogen-bond donors (Lipinski definition) is 1. The van der Waals surface area contributed by atoms with Crippen LogP contribution in [0.5, 0.6) is 0 Å². The summed E-state index contributed by atoms with van der Waals surface area (Å²) in [6, 6.07) is 9.94. The van der Waals surface area contributed by atoms with E-state index in [1.165, 1.54) is 0 Å². The summed E-state index contributed by atoms with van der Waals surface area (Å²) in [6.45, 7) is 4.59. The average Bonchev–Trinajstić information content (AvgIpc) is 2.56. The van der Waals surface area contributed by atoms with Crippen molar-refractivity contribution in [3.63, 3.8) is 0 Å². The number of rotatable bonds is 4. The number of benzene rings is 1. The number of aromatic nitrogens is 1. The minimum Gasteiger partial charge on any atom is -0.397 e. The third-order valence-electron chi connectivity index (χ3n) is 4.11. The smallest absolute Gasteiger partial charge is 0.103 e. The fraction of sp³-hybridized carbons (Fsp3) is 0.412. The van der Waals surface area contributed by atoms with Crippen molar-refractivity contribution in [2.75, 3.05) is 38.6 Å². The third-order valence-corrected chi connectivity index (χ3v) is 4.11. The molecule has 0 spiro atoms. The van der Waals surface area contributed by atoms with Gasteiger partial charge in [-0.05, 0) is 25.5 Å². The number of nitriles is 1. The molecule has 22 heavy (non-hydrogen) atoms. The number of para-hydroxylation sites is 1. The van der Waals surface area contributed by atoms with E-state index in [1.807, 2.05) is 24.3 Å². The summed E-state index contributed by atoms with van der Waals surface area (Å²) in [5.41, 5.74) is 8.91. The molecule has 0 bridgehead atoms. The van der Waals surface area contributed by atoms with E-state index < -0.39 is 0 Å². The topological polar surface area (TPSA) is 75.2 Å². The van der Waals surface area contributed by atoms with E-state index in [1.54, 1.807) is 0 Å². The van der Waals surface area contributed by atoms with E-state index in [-0.39, 0.29) is 0 Å². The second-order valence-electron chi connectivity index (χ2n) is 5.53. The number of aryl methyl sites for hydroxylation is 1. The van der Waals surface area contributed by atoms with Gasteiger partial charge in [-0.2, -0.15) is 5.26 Å². The second kappa shape index (κ2) is 6.73. The van der Waals surface area contributed by atoms with Gasteiger partial charge in [0, 0.05) is 18.5 Å². The summed E-state index contributed by atoms with van der Waals surface area (Å²) in [5.74, 6) is 0. The Morgan fingerprint density at radius 1 is 1.27 bits per heavy atom. The van der Waals surface area contributed by atoms with E-state index in [9.17, 15) is 5.26 Å². The molecule has 0 unspecified atom stereocenters. The van der Waals surface area contributed by atoms with Gasteiger partial charge in [0.05, 0.1) is 35.7 Å². The van der Waals surface area contributed by atoms with Crippen molar-refractivity contribution < 1.29 is 4.74 Å². The number of nitrogens with zero attached hydrogens (tertiary/aromatic N) is 3. The number of fused-ring (bicyclic) bond motifs is 1. The van der Waals surface area contributed by atoms with Crippen molar-refractivity contribution in [2.45, 2.75) is 12.8 Å². The molecule has 1 aliphatic heterocycles. The molecular weight excluding hydrogens is 276 g/mol. The van der Waals surface area contributed by atoms with Crippen molar-refractivity contribution in [3.05, 3.63) is 35.5 Å². The van der Waals surface area contributed by atoms with Gasteiger partial charge in [0.25, 0.3) is 0 Å². The molecule has 5 nitrogen and oxygen atoms in total. The van der Waals surface area contributed by atoms with Crippen molar-refractivity contribution in [3.8, 4) is 6.07 Å². The molecule has 1 saturated heterocycles. The van der Waals surface area contributed by atoms with Crippen LogP contribution in [0.2, 0.25) is 0 Å². The molecule has 0 saturated carbocycles. The summed E-state index contributed by atoms with van der Waals surface area (Å²) in [4.78, 5) is 7.03. The fourth-order valence-corrected chi connectivity index (χ4v) is 2.89. The molecule has 1 aromatic heterocycles. The average molecular weight is 296 g/mol. The lowest BCUT2D eigenvalue weighted by Gasteiger charge is -2.26. The van der Waals surface area contributed by atoms with Gasteiger partial charge in [-0.3, -0.25) is 9.88 Å². The second-order valence-corrected chi connectivity index (χ2v) is 5.53. The van der Waals surface area contributed by atoms with Crippen LogP contribution in [0.1, 0.15) is 17.7 Å². The van der Waals surface area contributed by atoms with Crippen LogP contribution < -0.4 is 5.73 Å². The molecule has 1 aliphatic rings. The Bertz CT molecular complexity index is 702. The number of morpholine rings is 1. The lowest BCUT2D eigenvalue weighted by molar-refractivity contribution is 0.0374. The summed E-state index contributed by atoms with van der Waals surface area (Å²) >= 11 is 0. The maximum absolute atomic E-state index is 9.41. The first-order chi connectivity index (χ1) is 10.8. The van der Waals surface area contributed by atoms with Gasteiger partial charge in [-0.1, -0.05) is 18.2 Å². The Morgan fingerprint density at radius 2 is 2.05 bits per heavy atom. The van der Waals surface area contributed by atoms with Crippen LogP contribution >= 0.6 is 0 Å². The third kappa shape index (κ3) is 3.03. The lowest BCUT2D eigenvalue weighted by Crippen LogP contribution is -2.37. The van der Waals surface area contributed by atoms with Gasteiger partial charge in [0.2, 0.25) is 0 Å². The first-order valence-electron chi connectivity index (χ1n) is 7.67.